The van der Waals surface area contributed by atoms with Gasteiger partial charge in [-0.3, -0.25) is 0 Å². The predicted octanol–water partition coefficient (Wildman–Crippen LogP) is 4.10. The molecule has 0 spiro atoms. The van der Waals surface area contributed by atoms with Gasteiger partial charge in [-0.15, -0.1) is 0 Å². The van der Waals surface area contributed by atoms with Crippen molar-refractivity contribution in [3.63, 3.8) is 0 Å². The highest BCUT2D eigenvalue weighted by molar-refractivity contribution is 5.34. The molecule has 0 saturated carbocycles. The maximum absolute atomic E-state index is 5.84. The molecule has 1 aromatic carbocycles. The third kappa shape index (κ3) is 3.02. The summed E-state index contributed by atoms with van der Waals surface area (Å²) in [6.45, 7) is 9.07. The lowest BCUT2D eigenvalue weighted by molar-refractivity contribution is 0.0840. The summed E-state index contributed by atoms with van der Waals surface area (Å²) in [6, 6.07) is 9.44. The number of fused-ring (bicyclic) bond motifs is 1. The molecule has 1 aliphatic heterocycles. The first-order chi connectivity index (χ1) is 10.1. The van der Waals surface area contributed by atoms with Crippen LogP contribution in [0.3, 0.4) is 0 Å². The van der Waals surface area contributed by atoms with Crippen LogP contribution in [-0.4, -0.2) is 19.3 Å². The average Bonchev–Trinajstić information content (AvgIpc) is 2.93. The molecular formula is C19H29NO. The monoisotopic (exact) mass is 287 g/mol. The molecule has 1 aromatic rings. The SMILES string of the molecule is CCC1OCCC1CNC1c2ccccc2CCC1(C)C. The summed E-state index contributed by atoms with van der Waals surface area (Å²) < 4.78 is 5.84. The number of hydrogen-bond acceptors (Lipinski definition) is 2. The molecule has 21 heavy (non-hydrogen) atoms. The molecule has 2 aliphatic rings. The van der Waals surface area contributed by atoms with Gasteiger partial charge < -0.3 is 10.1 Å². The van der Waals surface area contributed by atoms with Crippen molar-refractivity contribution in [2.75, 3.05) is 13.2 Å². The molecule has 3 atom stereocenters. The van der Waals surface area contributed by atoms with Gasteiger partial charge in [0.2, 0.25) is 0 Å². The molecule has 116 valence electrons. The molecule has 1 heterocycles. The van der Waals surface area contributed by atoms with Gasteiger partial charge in [-0.05, 0) is 48.1 Å². The third-order valence-corrected chi connectivity index (χ3v) is 5.52. The van der Waals surface area contributed by atoms with Gasteiger partial charge in [0.25, 0.3) is 0 Å². The van der Waals surface area contributed by atoms with Crippen LogP contribution in [0.2, 0.25) is 0 Å². The zero-order valence-electron chi connectivity index (χ0n) is 13.7. The van der Waals surface area contributed by atoms with E-state index in [4.69, 9.17) is 4.74 Å². The molecule has 0 amide bonds. The van der Waals surface area contributed by atoms with Crippen LogP contribution < -0.4 is 5.32 Å². The first-order valence-electron chi connectivity index (χ1n) is 8.54. The van der Waals surface area contributed by atoms with E-state index in [1.165, 1.54) is 30.4 Å². The summed E-state index contributed by atoms with van der Waals surface area (Å²) in [5.74, 6) is 0.680. The second-order valence-corrected chi connectivity index (χ2v) is 7.39. The highest BCUT2D eigenvalue weighted by Gasteiger charge is 2.36. The Morgan fingerprint density at radius 2 is 2.10 bits per heavy atom. The summed E-state index contributed by atoms with van der Waals surface area (Å²) >= 11 is 0. The highest BCUT2D eigenvalue weighted by Crippen LogP contribution is 2.43. The van der Waals surface area contributed by atoms with Crippen LogP contribution >= 0.6 is 0 Å². The minimum Gasteiger partial charge on any atom is -0.378 e. The number of nitrogens with one attached hydrogen (secondary N) is 1. The zero-order valence-corrected chi connectivity index (χ0v) is 13.7. The van der Waals surface area contributed by atoms with Crippen LogP contribution in [0.1, 0.15) is 57.2 Å². The van der Waals surface area contributed by atoms with Gasteiger partial charge in [-0.1, -0.05) is 45.0 Å². The molecule has 3 unspecified atom stereocenters. The molecule has 1 aliphatic carbocycles. The molecule has 1 N–H and O–H groups in total. The van der Waals surface area contributed by atoms with E-state index >= 15 is 0 Å². The molecule has 2 heteroatoms. The minimum atomic E-state index is 0.329. The summed E-state index contributed by atoms with van der Waals surface area (Å²) in [5.41, 5.74) is 3.37. The van der Waals surface area contributed by atoms with Crippen LogP contribution in [0, 0.1) is 11.3 Å². The van der Waals surface area contributed by atoms with Gasteiger partial charge in [-0.2, -0.15) is 0 Å². The lowest BCUT2D eigenvalue weighted by Gasteiger charge is -2.41. The van der Waals surface area contributed by atoms with Crippen molar-refractivity contribution in [3.8, 4) is 0 Å². The van der Waals surface area contributed by atoms with Crippen LogP contribution in [-0.2, 0) is 11.2 Å². The molecule has 1 fully saturated rings. The lowest BCUT2D eigenvalue weighted by atomic mass is 9.70. The second kappa shape index (κ2) is 6.10. The number of hydrogen-bond donors (Lipinski definition) is 1. The van der Waals surface area contributed by atoms with Crippen molar-refractivity contribution in [1.29, 1.82) is 0 Å². The fourth-order valence-corrected chi connectivity index (χ4v) is 4.10. The number of ether oxygens (including phenoxy) is 1. The lowest BCUT2D eigenvalue weighted by Crippen LogP contribution is -2.41. The smallest absolute Gasteiger partial charge is 0.0613 e. The zero-order chi connectivity index (χ0) is 14.9. The fourth-order valence-electron chi connectivity index (χ4n) is 4.10. The van der Waals surface area contributed by atoms with Crippen LogP contribution in [0.5, 0.6) is 0 Å². The first-order valence-corrected chi connectivity index (χ1v) is 8.54. The van der Waals surface area contributed by atoms with E-state index in [1.54, 1.807) is 0 Å². The number of rotatable bonds is 4. The van der Waals surface area contributed by atoms with Gasteiger partial charge in [-0.25, -0.2) is 0 Å². The van der Waals surface area contributed by atoms with Crippen LogP contribution in [0.25, 0.3) is 0 Å². The van der Waals surface area contributed by atoms with Gasteiger partial charge in [0, 0.05) is 19.2 Å². The first kappa shape index (κ1) is 15.1. The maximum Gasteiger partial charge on any atom is 0.0613 e. The molecule has 1 saturated heterocycles. The fraction of sp³-hybridized carbons (Fsp3) is 0.684. The molecule has 3 rings (SSSR count). The summed E-state index contributed by atoms with van der Waals surface area (Å²) in [6.07, 6.45) is 5.28. The van der Waals surface area contributed by atoms with E-state index in [0.29, 0.717) is 23.5 Å². The summed E-state index contributed by atoms with van der Waals surface area (Å²) in [7, 11) is 0. The summed E-state index contributed by atoms with van der Waals surface area (Å²) in [5, 5.41) is 3.89. The van der Waals surface area contributed by atoms with E-state index in [9.17, 15) is 0 Å². The highest BCUT2D eigenvalue weighted by atomic mass is 16.5. The van der Waals surface area contributed by atoms with Crippen molar-refractivity contribution in [3.05, 3.63) is 35.4 Å². The Kier molecular flexibility index (Phi) is 4.37. The van der Waals surface area contributed by atoms with E-state index < -0.39 is 0 Å². The van der Waals surface area contributed by atoms with E-state index in [2.05, 4.69) is 50.4 Å². The molecule has 2 nitrogen and oxygen atoms in total. The average molecular weight is 287 g/mol. The Labute approximate surface area is 129 Å². The topological polar surface area (TPSA) is 21.3 Å². The number of benzene rings is 1. The molecular weight excluding hydrogens is 258 g/mol. The standard InChI is InChI=1S/C19H29NO/c1-4-17-15(10-12-21-17)13-20-18-16-8-6-5-7-14(16)9-11-19(18,2)3/h5-8,15,17-18,20H,4,9-13H2,1-3H3. The Bertz CT molecular complexity index is 482. The Hall–Kier alpha value is -0.860. The quantitative estimate of drug-likeness (QED) is 0.900. The van der Waals surface area contributed by atoms with Gasteiger partial charge in [0.15, 0.2) is 0 Å². The van der Waals surface area contributed by atoms with Crippen molar-refractivity contribution < 1.29 is 4.74 Å². The van der Waals surface area contributed by atoms with Crippen molar-refractivity contribution >= 4 is 0 Å². The molecule has 0 radical (unpaired) electrons. The van der Waals surface area contributed by atoms with E-state index in [0.717, 1.165) is 19.6 Å². The Morgan fingerprint density at radius 3 is 2.90 bits per heavy atom. The molecule has 0 aromatic heterocycles. The van der Waals surface area contributed by atoms with Gasteiger partial charge in [0.1, 0.15) is 0 Å². The van der Waals surface area contributed by atoms with Crippen molar-refractivity contribution in [2.24, 2.45) is 11.3 Å². The summed E-state index contributed by atoms with van der Waals surface area (Å²) in [4.78, 5) is 0. The number of aryl methyl sites for hydroxylation is 1. The minimum absolute atomic E-state index is 0.329. The van der Waals surface area contributed by atoms with Crippen LogP contribution in [0.15, 0.2) is 24.3 Å². The normalized spacial score (nSPS) is 31.1. The van der Waals surface area contributed by atoms with Gasteiger partial charge >= 0.3 is 0 Å². The van der Waals surface area contributed by atoms with Crippen LogP contribution in [0.4, 0.5) is 0 Å². The third-order valence-electron chi connectivity index (χ3n) is 5.52. The Balaban J connectivity index is 1.74. The predicted molar refractivity (Wildman–Crippen MR) is 87.4 cm³/mol. The van der Waals surface area contributed by atoms with Crippen molar-refractivity contribution in [2.45, 2.75) is 58.6 Å². The van der Waals surface area contributed by atoms with E-state index in [-0.39, 0.29) is 0 Å². The van der Waals surface area contributed by atoms with Crippen molar-refractivity contribution in [1.82, 2.24) is 5.32 Å². The second-order valence-electron chi connectivity index (χ2n) is 7.39. The van der Waals surface area contributed by atoms with E-state index in [1.807, 2.05) is 0 Å². The Morgan fingerprint density at radius 1 is 1.29 bits per heavy atom. The van der Waals surface area contributed by atoms with Gasteiger partial charge in [0.05, 0.1) is 6.10 Å². The maximum atomic E-state index is 5.84. The largest absolute Gasteiger partial charge is 0.378 e. The molecule has 0 bridgehead atoms.